The normalized spacial score (nSPS) is 22.2. The monoisotopic (exact) mass is 500 g/mol. The molecule has 0 aliphatic carbocycles. The van der Waals surface area contributed by atoms with Gasteiger partial charge >= 0.3 is 13.6 Å². The lowest BCUT2D eigenvalue weighted by Gasteiger charge is -2.40. The van der Waals surface area contributed by atoms with Gasteiger partial charge in [0.15, 0.2) is 14.2 Å². The van der Waals surface area contributed by atoms with Crippen LogP contribution in [0, 0.1) is 0 Å². The molecule has 0 amide bonds. The average Bonchev–Trinajstić information content (AvgIpc) is 3.07. The second-order valence-corrected chi connectivity index (χ2v) is 17.4. The Kier molecular flexibility index (Phi) is 9.53. The topological polar surface area (TPSA) is 80.3 Å². The van der Waals surface area contributed by atoms with Crippen molar-refractivity contribution in [2.45, 2.75) is 103 Å². The standard InChI is InChI=1S/C24H41O7PSi/c1-17(2)29-32(26,30-18(3)4)23-21(31-33(8,9)24(5,6)7)15-20(28-23)16-27-22(25)19-13-11-10-12-14-19/h10-14,17-18,20-21,23H,15-16H2,1-9H3. The Labute approximate surface area is 200 Å². The van der Waals surface area contributed by atoms with E-state index in [4.69, 9.17) is 22.9 Å². The number of benzene rings is 1. The Morgan fingerprint density at radius 2 is 1.64 bits per heavy atom. The van der Waals surface area contributed by atoms with Crippen LogP contribution in [0.2, 0.25) is 18.1 Å². The molecule has 2 rings (SSSR count). The van der Waals surface area contributed by atoms with Crippen LogP contribution in [0.1, 0.15) is 65.2 Å². The number of esters is 1. The quantitative estimate of drug-likeness (QED) is 0.209. The zero-order valence-electron chi connectivity index (χ0n) is 21.5. The fraction of sp³-hybridized carbons (Fsp3) is 0.708. The molecule has 1 aromatic carbocycles. The van der Waals surface area contributed by atoms with Crippen molar-refractivity contribution in [3.05, 3.63) is 35.9 Å². The molecule has 3 atom stereocenters. The van der Waals surface area contributed by atoms with Crippen LogP contribution in [0.25, 0.3) is 0 Å². The maximum Gasteiger partial charge on any atom is 0.362 e. The van der Waals surface area contributed by atoms with E-state index in [2.05, 4.69) is 33.9 Å². The van der Waals surface area contributed by atoms with Crippen molar-refractivity contribution in [1.29, 1.82) is 0 Å². The molecule has 3 unspecified atom stereocenters. The first-order chi connectivity index (χ1) is 15.1. The second kappa shape index (κ2) is 11.1. The van der Waals surface area contributed by atoms with Crippen LogP contribution >= 0.6 is 7.60 Å². The lowest BCUT2D eigenvalue weighted by atomic mass is 10.2. The smallest absolute Gasteiger partial charge is 0.362 e. The zero-order valence-corrected chi connectivity index (χ0v) is 23.4. The van der Waals surface area contributed by atoms with Gasteiger partial charge in [0.2, 0.25) is 0 Å². The Hall–Kier alpha value is -1.02. The van der Waals surface area contributed by atoms with Crippen molar-refractivity contribution >= 4 is 21.9 Å². The van der Waals surface area contributed by atoms with Gasteiger partial charge in [0, 0.05) is 6.42 Å². The van der Waals surface area contributed by atoms with Crippen molar-refractivity contribution in [3.63, 3.8) is 0 Å². The molecule has 1 aromatic rings. The van der Waals surface area contributed by atoms with Crippen LogP contribution in [0.15, 0.2) is 30.3 Å². The molecule has 1 aliphatic heterocycles. The van der Waals surface area contributed by atoms with Crippen LogP contribution in [-0.4, -0.2) is 51.2 Å². The van der Waals surface area contributed by atoms with Gasteiger partial charge in [-0.3, -0.25) is 4.57 Å². The molecule has 1 fully saturated rings. The first-order valence-electron chi connectivity index (χ1n) is 11.7. The van der Waals surface area contributed by atoms with Crippen LogP contribution in [0.4, 0.5) is 0 Å². The first kappa shape index (κ1) is 28.2. The number of rotatable bonds is 10. The highest BCUT2D eigenvalue weighted by Gasteiger charge is 2.53. The van der Waals surface area contributed by atoms with Crippen LogP contribution in [-0.2, 0) is 27.5 Å². The summed E-state index contributed by atoms with van der Waals surface area (Å²) in [4.78, 5) is 12.4. The largest absolute Gasteiger partial charge is 0.459 e. The van der Waals surface area contributed by atoms with Crippen LogP contribution in [0.5, 0.6) is 0 Å². The fourth-order valence-corrected chi connectivity index (χ4v) is 7.14. The summed E-state index contributed by atoms with van der Waals surface area (Å²) < 4.78 is 44.0. The number of carbonyl (C=O) groups is 1. The molecule has 1 heterocycles. The van der Waals surface area contributed by atoms with Crippen molar-refractivity contribution in [3.8, 4) is 0 Å². The molecule has 0 aromatic heterocycles. The Morgan fingerprint density at radius 3 is 2.12 bits per heavy atom. The van der Waals surface area contributed by atoms with E-state index < -0.39 is 39.9 Å². The summed E-state index contributed by atoms with van der Waals surface area (Å²) in [5.74, 6) is -1.32. The van der Waals surface area contributed by atoms with Gasteiger partial charge in [-0.05, 0) is 58.0 Å². The Balaban J connectivity index is 2.25. The Bertz CT molecular complexity index is 806. The highest BCUT2D eigenvalue weighted by Crippen LogP contribution is 2.60. The summed E-state index contributed by atoms with van der Waals surface area (Å²) in [6.07, 6.45) is -1.16. The average molecular weight is 501 g/mol. The second-order valence-electron chi connectivity index (χ2n) is 10.6. The van der Waals surface area contributed by atoms with Crippen LogP contribution in [0.3, 0.4) is 0 Å². The summed E-state index contributed by atoms with van der Waals surface area (Å²) in [5.41, 5.74) is 0.470. The maximum absolute atomic E-state index is 13.9. The van der Waals surface area contributed by atoms with Crippen LogP contribution < -0.4 is 0 Å². The molecule has 0 radical (unpaired) electrons. The van der Waals surface area contributed by atoms with Gasteiger partial charge in [-0.15, -0.1) is 0 Å². The third-order valence-electron chi connectivity index (χ3n) is 5.83. The predicted molar refractivity (Wildman–Crippen MR) is 132 cm³/mol. The molecule has 33 heavy (non-hydrogen) atoms. The molecule has 9 heteroatoms. The molecule has 0 saturated carbocycles. The van der Waals surface area contributed by atoms with E-state index in [9.17, 15) is 9.36 Å². The van der Waals surface area contributed by atoms with Gasteiger partial charge in [-0.25, -0.2) is 4.79 Å². The molecule has 0 N–H and O–H groups in total. The highest BCUT2D eigenvalue weighted by atomic mass is 31.2. The molecule has 188 valence electrons. The van der Waals surface area contributed by atoms with E-state index in [1.807, 2.05) is 33.8 Å². The minimum absolute atomic E-state index is 0.0327. The summed E-state index contributed by atoms with van der Waals surface area (Å²) in [7, 11) is -5.90. The summed E-state index contributed by atoms with van der Waals surface area (Å²) in [6.45, 7) is 18.0. The van der Waals surface area contributed by atoms with Crippen molar-refractivity contribution in [2.24, 2.45) is 0 Å². The molecule has 0 bridgehead atoms. The van der Waals surface area contributed by atoms with E-state index in [0.29, 0.717) is 12.0 Å². The SMILES string of the molecule is CC(C)OP(=O)(OC(C)C)C1OC(COC(=O)c2ccccc2)CC1O[Si](C)(C)C(C)(C)C. The summed E-state index contributed by atoms with van der Waals surface area (Å²) >= 11 is 0. The third-order valence-corrected chi connectivity index (χ3v) is 12.8. The van der Waals surface area contributed by atoms with Gasteiger partial charge in [0.05, 0.1) is 30.0 Å². The zero-order chi connectivity index (χ0) is 25.0. The minimum Gasteiger partial charge on any atom is -0.459 e. The van der Waals surface area contributed by atoms with Gasteiger partial charge in [-0.1, -0.05) is 39.0 Å². The fourth-order valence-electron chi connectivity index (χ4n) is 3.32. The number of ether oxygens (including phenoxy) is 2. The summed E-state index contributed by atoms with van der Waals surface area (Å²) in [6, 6.07) is 8.80. The first-order valence-corrected chi connectivity index (χ1v) is 16.2. The van der Waals surface area contributed by atoms with Gasteiger partial charge in [0.1, 0.15) is 6.61 Å². The molecule has 1 aliphatic rings. The van der Waals surface area contributed by atoms with Gasteiger partial charge < -0.3 is 22.9 Å². The van der Waals surface area contributed by atoms with Gasteiger partial charge in [-0.2, -0.15) is 0 Å². The third kappa shape index (κ3) is 7.74. The van der Waals surface area contributed by atoms with E-state index in [1.54, 1.807) is 24.3 Å². The number of hydrogen-bond acceptors (Lipinski definition) is 7. The number of carbonyl (C=O) groups excluding carboxylic acids is 1. The molecular weight excluding hydrogens is 459 g/mol. The maximum atomic E-state index is 13.9. The summed E-state index contributed by atoms with van der Waals surface area (Å²) in [5, 5.41) is -0.0444. The lowest BCUT2D eigenvalue weighted by Crippen LogP contribution is -2.46. The number of hydrogen-bond donors (Lipinski definition) is 0. The van der Waals surface area contributed by atoms with E-state index in [-0.39, 0.29) is 23.9 Å². The lowest BCUT2D eigenvalue weighted by molar-refractivity contribution is -0.00769. The van der Waals surface area contributed by atoms with Crippen molar-refractivity contribution in [2.75, 3.05) is 6.61 Å². The van der Waals surface area contributed by atoms with E-state index in [1.165, 1.54) is 0 Å². The minimum atomic E-state index is -3.68. The van der Waals surface area contributed by atoms with Crippen molar-refractivity contribution < 1.29 is 32.3 Å². The van der Waals surface area contributed by atoms with E-state index >= 15 is 0 Å². The molecular formula is C24H41O7PSi. The molecule has 7 nitrogen and oxygen atoms in total. The van der Waals surface area contributed by atoms with Gasteiger partial charge in [0.25, 0.3) is 0 Å². The van der Waals surface area contributed by atoms with E-state index in [0.717, 1.165) is 0 Å². The highest BCUT2D eigenvalue weighted by molar-refractivity contribution is 7.54. The Morgan fingerprint density at radius 1 is 1.09 bits per heavy atom. The molecule has 0 spiro atoms. The predicted octanol–water partition coefficient (Wildman–Crippen LogP) is 6.39. The molecule has 1 saturated heterocycles. The van der Waals surface area contributed by atoms with Crippen molar-refractivity contribution in [1.82, 2.24) is 0 Å².